The minimum atomic E-state index is 0.666. The van der Waals surface area contributed by atoms with Gasteiger partial charge in [0.2, 0.25) is 0 Å². The summed E-state index contributed by atoms with van der Waals surface area (Å²) >= 11 is 0. The maximum Gasteiger partial charge on any atom is 0.164 e. The van der Waals surface area contributed by atoms with Gasteiger partial charge in [0.25, 0.3) is 0 Å². The summed E-state index contributed by atoms with van der Waals surface area (Å²) < 4.78 is 40.2. The van der Waals surface area contributed by atoms with Crippen LogP contribution < -0.4 is 28.4 Å². The van der Waals surface area contributed by atoms with Crippen molar-refractivity contribution in [3.8, 4) is 34.5 Å². The van der Waals surface area contributed by atoms with Gasteiger partial charge in [-0.05, 0) is 108 Å². The monoisotopic (exact) mass is 843 g/mol. The van der Waals surface area contributed by atoms with Crippen LogP contribution in [0.25, 0.3) is 32.3 Å². The fourth-order valence-corrected chi connectivity index (χ4v) is 8.32. The predicted octanol–water partition coefficient (Wildman–Crippen LogP) is 17.2. The summed E-state index contributed by atoms with van der Waals surface area (Å²) in [6.45, 7) is 19.7. The molecule has 4 aromatic carbocycles. The molecule has 0 heterocycles. The highest BCUT2D eigenvalue weighted by atomic mass is 16.5. The Balaban J connectivity index is 2.00. The lowest BCUT2D eigenvalue weighted by Gasteiger charge is -2.22. The maximum absolute atomic E-state index is 6.78. The van der Waals surface area contributed by atoms with Crippen LogP contribution in [-0.2, 0) is 0 Å². The van der Waals surface area contributed by atoms with Crippen molar-refractivity contribution in [2.75, 3.05) is 39.6 Å². The molecule has 0 aliphatic heterocycles. The van der Waals surface area contributed by atoms with E-state index in [0.29, 0.717) is 39.6 Å². The maximum atomic E-state index is 6.78. The van der Waals surface area contributed by atoms with Crippen molar-refractivity contribution >= 4 is 32.3 Å². The van der Waals surface area contributed by atoms with Gasteiger partial charge in [0, 0.05) is 5.56 Å². The zero-order valence-corrected chi connectivity index (χ0v) is 40.0. The van der Waals surface area contributed by atoms with Gasteiger partial charge in [-0.2, -0.15) is 0 Å². The molecule has 0 aromatic heterocycles. The first-order valence-corrected chi connectivity index (χ1v) is 25.3. The minimum absolute atomic E-state index is 0.666. The van der Waals surface area contributed by atoms with Crippen LogP contribution in [0.4, 0.5) is 0 Å². The molecule has 6 nitrogen and oxygen atoms in total. The van der Waals surface area contributed by atoms with Gasteiger partial charge in [0.1, 0.15) is 0 Å². The van der Waals surface area contributed by atoms with Gasteiger partial charge in [-0.25, -0.2) is 0 Å². The number of aryl methyl sites for hydroxylation is 1. The zero-order chi connectivity index (χ0) is 43.5. The van der Waals surface area contributed by atoms with E-state index >= 15 is 0 Å². The summed E-state index contributed by atoms with van der Waals surface area (Å²) in [6.07, 6.45) is 27.6. The molecule has 0 radical (unpaired) electrons. The van der Waals surface area contributed by atoms with E-state index in [-0.39, 0.29) is 0 Å². The highest BCUT2D eigenvalue weighted by Gasteiger charge is 2.23. The third-order valence-corrected chi connectivity index (χ3v) is 12.0. The second-order valence-electron chi connectivity index (χ2n) is 17.4. The van der Waals surface area contributed by atoms with E-state index in [0.717, 1.165) is 149 Å². The number of unbranched alkanes of at least 4 members (excludes halogenated alkanes) is 18. The van der Waals surface area contributed by atoms with E-state index in [9.17, 15) is 0 Å². The Morgan fingerprint density at radius 3 is 0.836 bits per heavy atom. The molecule has 0 atom stereocenters. The zero-order valence-electron chi connectivity index (χ0n) is 40.0. The van der Waals surface area contributed by atoms with E-state index in [1.54, 1.807) is 0 Å². The highest BCUT2D eigenvalue weighted by Crippen LogP contribution is 2.49. The van der Waals surface area contributed by atoms with Crippen LogP contribution in [0, 0.1) is 6.92 Å². The standard InChI is InChI=1S/C55H86O6/c1-8-14-20-26-32-56-49-38-44-45-39-51(58-34-28-22-16-10-3)52(59-35-29-23-17-11-4)41-47(45)54-43(7)55(61-37-31-25-19-13-6)53(60-36-30-24-18-12-5)42-48(54)46(44)40-50(49)57-33-27-21-15-9-2/h38-42H,8-37H2,1-7H3. The van der Waals surface area contributed by atoms with Crippen molar-refractivity contribution < 1.29 is 28.4 Å². The number of rotatable bonds is 36. The molecular formula is C55H86O6. The van der Waals surface area contributed by atoms with Crippen LogP contribution in [0.15, 0.2) is 30.3 Å². The van der Waals surface area contributed by atoms with Crippen LogP contribution in [0.5, 0.6) is 34.5 Å². The molecular weight excluding hydrogens is 757 g/mol. The average Bonchev–Trinajstić information content (AvgIpc) is 3.26. The highest BCUT2D eigenvalue weighted by molar-refractivity contribution is 6.27. The summed E-state index contributed by atoms with van der Waals surface area (Å²) in [4.78, 5) is 0. The van der Waals surface area contributed by atoms with Crippen LogP contribution in [-0.4, -0.2) is 39.6 Å². The molecule has 342 valence electrons. The van der Waals surface area contributed by atoms with Crippen LogP contribution in [0.3, 0.4) is 0 Å². The Kier molecular flexibility index (Phi) is 24.4. The van der Waals surface area contributed by atoms with Crippen LogP contribution in [0.2, 0.25) is 0 Å². The summed E-state index contributed by atoms with van der Waals surface area (Å²) in [6, 6.07) is 11.2. The fraction of sp³-hybridized carbons (Fsp3) is 0.673. The second kappa shape index (κ2) is 29.7. The first kappa shape index (κ1) is 50.1. The molecule has 0 fully saturated rings. The van der Waals surface area contributed by atoms with Crippen LogP contribution >= 0.6 is 0 Å². The lowest BCUT2D eigenvalue weighted by Crippen LogP contribution is -2.06. The molecule has 6 heteroatoms. The molecule has 0 saturated heterocycles. The molecule has 0 bridgehead atoms. The van der Waals surface area contributed by atoms with Crippen molar-refractivity contribution in [1.82, 2.24) is 0 Å². The number of hydrogen-bond acceptors (Lipinski definition) is 6. The van der Waals surface area contributed by atoms with Crippen molar-refractivity contribution in [2.24, 2.45) is 0 Å². The normalized spacial score (nSPS) is 11.5. The van der Waals surface area contributed by atoms with Crippen molar-refractivity contribution in [1.29, 1.82) is 0 Å². The van der Waals surface area contributed by atoms with Gasteiger partial charge in [-0.1, -0.05) is 157 Å². The topological polar surface area (TPSA) is 55.4 Å². The summed E-state index contributed by atoms with van der Waals surface area (Å²) in [7, 11) is 0. The Morgan fingerprint density at radius 2 is 0.525 bits per heavy atom. The minimum Gasteiger partial charge on any atom is -0.490 e. The molecule has 0 aliphatic carbocycles. The SMILES string of the molecule is CCCCCCOc1cc2c3cc(OCCCCCC)c(OCCCCCC)cc3c3c(C)c(OCCCCCC)c(OCCCCCC)cc3c2cc1OCCCCCC. The smallest absolute Gasteiger partial charge is 0.164 e. The van der Waals surface area contributed by atoms with Gasteiger partial charge < -0.3 is 28.4 Å². The van der Waals surface area contributed by atoms with E-state index in [4.69, 9.17) is 28.4 Å². The molecule has 0 unspecified atom stereocenters. The summed E-state index contributed by atoms with van der Waals surface area (Å²) in [5.74, 6) is 4.95. The first-order chi connectivity index (χ1) is 30.0. The number of benzene rings is 4. The Bertz CT molecular complexity index is 1750. The van der Waals surface area contributed by atoms with Gasteiger partial charge in [-0.15, -0.1) is 0 Å². The quantitative estimate of drug-likeness (QED) is 0.0336. The van der Waals surface area contributed by atoms with E-state index in [2.05, 4.69) is 78.8 Å². The molecule has 0 aliphatic rings. The molecule has 4 aromatic rings. The van der Waals surface area contributed by atoms with Gasteiger partial charge >= 0.3 is 0 Å². The third-order valence-electron chi connectivity index (χ3n) is 12.0. The van der Waals surface area contributed by atoms with Crippen molar-refractivity contribution in [3.05, 3.63) is 35.9 Å². The van der Waals surface area contributed by atoms with Crippen molar-refractivity contribution in [2.45, 2.75) is 203 Å². The first-order valence-electron chi connectivity index (χ1n) is 25.3. The Morgan fingerprint density at radius 1 is 0.279 bits per heavy atom. The molecule has 0 spiro atoms. The lowest BCUT2D eigenvalue weighted by molar-refractivity contribution is 0.258. The number of hydrogen-bond donors (Lipinski definition) is 0. The van der Waals surface area contributed by atoms with E-state index in [1.165, 1.54) is 77.0 Å². The largest absolute Gasteiger partial charge is 0.490 e. The summed E-state index contributed by atoms with van der Waals surface area (Å²) in [5.41, 5.74) is 1.10. The lowest BCUT2D eigenvalue weighted by atomic mass is 9.90. The predicted molar refractivity (Wildman–Crippen MR) is 262 cm³/mol. The van der Waals surface area contributed by atoms with Gasteiger partial charge in [0.15, 0.2) is 34.5 Å². The molecule has 0 amide bonds. The molecule has 61 heavy (non-hydrogen) atoms. The number of fused-ring (bicyclic) bond motifs is 6. The Hall–Kier alpha value is -3.54. The van der Waals surface area contributed by atoms with E-state index in [1.807, 2.05) is 0 Å². The fourth-order valence-electron chi connectivity index (χ4n) is 8.32. The molecule has 0 N–H and O–H groups in total. The third kappa shape index (κ3) is 16.0. The molecule has 4 rings (SSSR count). The Labute approximate surface area is 372 Å². The summed E-state index contributed by atoms with van der Waals surface area (Å²) in [5, 5.41) is 6.80. The second-order valence-corrected chi connectivity index (χ2v) is 17.4. The van der Waals surface area contributed by atoms with Gasteiger partial charge in [-0.3, -0.25) is 0 Å². The average molecular weight is 843 g/mol. The molecule has 0 saturated carbocycles. The van der Waals surface area contributed by atoms with E-state index < -0.39 is 0 Å². The van der Waals surface area contributed by atoms with Crippen LogP contribution in [0.1, 0.15) is 201 Å². The van der Waals surface area contributed by atoms with Crippen molar-refractivity contribution in [3.63, 3.8) is 0 Å². The van der Waals surface area contributed by atoms with Gasteiger partial charge in [0.05, 0.1) is 39.6 Å². The number of ether oxygens (including phenoxy) is 6.